The first-order valence-corrected chi connectivity index (χ1v) is 12.1. The van der Waals surface area contributed by atoms with E-state index in [9.17, 15) is 4.79 Å². The predicted molar refractivity (Wildman–Crippen MR) is 129 cm³/mol. The van der Waals surface area contributed by atoms with E-state index in [2.05, 4.69) is 52.5 Å². The molecule has 0 unspecified atom stereocenters. The molecular formula is C22H29N5O3S2. The largest absolute Gasteiger partial charge is 0.493 e. The Hall–Kier alpha value is -2.56. The van der Waals surface area contributed by atoms with Crippen LogP contribution in [0.15, 0.2) is 23.6 Å². The lowest BCUT2D eigenvalue weighted by Crippen LogP contribution is -2.39. The van der Waals surface area contributed by atoms with Crippen molar-refractivity contribution in [2.24, 2.45) is 0 Å². The molecule has 3 rings (SSSR count). The first-order valence-electron chi connectivity index (χ1n) is 10.4. The minimum absolute atomic E-state index is 0.287. The van der Waals surface area contributed by atoms with E-state index in [1.807, 2.05) is 6.92 Å². The van der Waals surface area contributed by atoms with Crippen molar-refractivity contribution < 1.29 is 14.3 Å². The zero-order valence-electron chi connectivity index (χ0n) is 19.2. The summed E-state index contributed by atoms with van der Waals surface area (Å²) >= 11 is 2.67. The maximum absolute atomic E-state index is 12.7. The number of benzene rings is 1. The third-order valence-corrected chi connectivity index (χ3v) is 6.76. The molecule has 8 nitrogen and oxygen atoms in total. The molecule has 1 N–H and O–H groups in total. The Morgan fingerprint density at radius 3 is 2.56 bits per heavy atom. The summed E-state index contributed by atoms with van der Waals surface area (Å²) in [5.74, 6) is 0.917. The van der Waals surface area contributed by atoms with E-state index in [0.717, 1.165) is 22.1 Å². The summed E-state index contributed by atoms with van der Waals surface area (Å²) in [5, 5.41) is 9.36. The highest BCUT2D eigenvalue weighted by Gasteiger charge is 2.17. The Balaban J connectivity index is 1.68. The van der Waals surface area contributed by atoms with Gasteiger partial charge < -0.3 is 14.8 Å². The van der Waals surface area contributed by atoms with Crippen LogP contribution in [0.2, 0.25) is 0 Å². The summed E-state index contributed by atoms with van der Waals surface area (Å²) in [6.07, 6.45) is 0. The third kappa shape index (κ3) is 5.81. The Morgan fingerprint density at radius 1 is 1.19 bits per heavy atom. The molecule has 0 aliphatic rings. The SMILES string of the molecule is COc1ccc(NC(=O)c2csc(-c3snnc3C)n2)cc1OCCN(C(C)C)C(C)C. The number of methoxy groups -OCH3 is 1. The van der Waals surface area contributed by atoms with Crippen LogP contribution < -0.4 is 14.8 Å². The molecule has 0 saturated heterocycles. The monoisotopic (exact) mass is 475 g/mol. The van der Waals surface area contributed by atoms with Crippen LogP contribution in [0.3, 0.4) is 0 Å². The van der Waals surface area contributed by atoms with Crippen molar-refractivity contribution in [2.45, 2.75) is 46.7 Å². The van der Waals surface area contributed by atoms with Gasteiger partial charge in [-0.1, -0.05) is 4.49 Å². The second-order valence-electron chi connectivity index (χ2n) is 7.82. The van der Waals surface area contributed by atoms with Gasteiger partial charge in [0.25, 0.3) is 5.91 Å². The number of ether oxygens (including phenoxy) is 2. The number of nitrogens with zero attached hydrogens (tertiary/aromatic N) is 4. The average Bonchev–Trinajstić information content (AvgIpc) is 3.39. The Kier molecular flexibility index (Phi) is 8.16. The van der Waals surface area contributed by atoms with Crippen molar-refractivity contribution in [3.05, 3.63) is 35.0 Å². The lowest BCUT2D eigenvalue weighted by molar-refractivity contribution is 0.102. The topological polar surface area (TPSA) is 89.5 Å². The van der Waals surface area contributed by atoms with Gasteiger partial charge in [0, 0.05) is 35.8 Å². The van der Waals surface area contributed by atoms with E-state index in [1.165, 1.54) is 22.9 Å². The fraction of sp³-hybridized carbons (Fsp3) is 0.455. The number of thiazole rings is 1. The molecule has 1 aromatic carbocycles. The molecule has 0 saturated carbocycles. The lowest BCUT2D eigenvalue weighted by Gasteiger charge is -2.30. The number of amides is 1. The zero-order valence-corrected chi connectivity index (χ0v) is 20.8. The molecule has 0 aliphatic carbocycles. The highest BCUT2D eigenvalue weighted by molar-refractivity contribution is 7.18. The molecular weight excluding hydrogens is 446 g/mol. The van der Waals surface area contributed by atoms with Crippen molar-refractivity contribution in [3.63, 3.8) is 0 Å². The molecule has 0 atom stereocenters. The number of aryl methyl sites for hydroxylation is 1. The molecule has 0 radical (unpaired) electrons. The smallest absolute Gasteiger partial charge is 0.275 e. The van der Waals surface area contributed by atoms with Gasteiger partial charge in [-0.3, -0.25) is 9.69 Å². The summed E-state index contributed by atoms with van der Waals surface area (Å²) in [5.41, 5.74) is 1.77. The van der Waals surface area contributed by atoms with E-state index in [4.69, 9.17) is 9.47 Å². The summed E-state index contributed by atoms with van der Waals surface area (Å²) in [7, 11) is 1.60. The number of hydrogen-bond donors (Lipinski definition) is 1. The molecule has 2 aromatic heterocycles. The highest BCUT2D eigenvalue weighted by atomic mass is 32.1. The first-order chi connectivity index (χ1) is 15.3. The summed E-state index contributed by atoms with van der Waals surface area (Å²) in [6.45, 7) is 11.9. The minimum atomic E-state index is -0.287. The van der Waals surface area contributed by atoms with Gasteiger partial charge >= 0.3 is 0 Å². The van der Waals surface area contributed by atoms with Crippen LogP contribution in [0, 0.1) is 6.92 Å². The van der Waals surface area contributed by atoms with Crippen LogP contribution in [0.25, 0.3) is 9.88 Å². The van der Waals surface area contributed by atoms with Gasteiger partial charge in [-0.15, -0.1) is 16.4 Å². The van der Waals surface area contributed by atoms with Gasteiger partial charge in [0.15, 0.2) is 11.5 Å². The van der Waals surface area contributed by atoms with Crippen molar-refractivity contribution in [1.82, 2.24) is 19.5 Å². The van der Waals surface area contributed by atoms with Gasteiger partial charge in [-0.2, -0.15) is 0 Å². The summed E-state index contributed by atoms with van der Waals surface area (Å²) in [6, 6.07) is 6.20. The molecule has 172 valence electrons. The van der Waals surface area contributed by atoms with E-state index < -0.39 is 0 Å². The molecule has 0 bridgehead atoms. The number of carbonyl (C=O) groups excluding carboxylic acids is 1. The summed E-state index contributed by atoms with van der Waals surface area (Å²) in [4.78, 5) is 20.4. The van der Waals surface area contributed by atoms with E-state index in [0.29, 0.717) is 41.6 Å². The molecule has 0 fully saturated rings. The van der Waals surface area contributed by atoms with Crippen LogP contribution >= 0.6 is 22.9 Å². The van der Waals surface area contributed by atoms with Crippen LogP contribution in [-0.4, -0.2) is 57.7 Å². The number of aromatic nitrogens is 3. The van der Waals surface area contributed by atoms with E-state index >= 15 is 0 Å². The van der Waals surface area contributed by atoms with Gasteiger partial charge in [-0.05, 0) is 58.3 Å². The molecule has 0 aliphatic heterocycles. The maximum Gasteiger partial charge on any atom is 0.275 e. The summed E-state index contributed by atoms with van der Waals surface area (Å²) < 4.78 is 15.4. The quantitative estimate of drug-likeness (QED) is 0.453. The van der Waals surface area contributed by atoms with E-state index in [1.54, 1.807) is 30.7 Å². The van der Waals surface area contributed by atoms with Crippen molar-refractivity contribution in [1.29, 1.82) is 0 Å². The standard InChI is InChI=1S/C22H29N5O3S2/c1-13(2)27(14(3)4)9-10-30-19-11-16(7-8-18(19)29-6)23-21(28)17-12-31-22(24-17)20-15(5)25-26-32-20/h7-8,11-14H,9-10H2,1-6H3,(H,23,28). The van der Waals surface area contributed by atoms with Crippen molar-refractivity contribution in [3.8, 4) is 21.4 Å². The lowest BCUT2D eigenvalue weighted by atomic mass is 10.2. The molecule has 2 heterocycles. The average molecular weight is 476 g/mol. The van der Waals surface area contributed by atoms with E-state index in [-0.39, 0.29) is 5.91 Å². The minimum Gasteiger partial charge on any atom is -0.493 e. The molecule has 0 spiro atoms. The molecule has 1 amide bonds. The number of rotatable bonds is 10. The zero-order chi connectivity index (χ0) is 23.3. The van der Waals surface area contributed by atoms with Gasteiger partial charge in [-0.25, -0.2) is 4.98 Å². The van der Waals surface area contributed by atoms with Crippen LogP contribution in [0.5, 0.6) is 11.5 Å². The Labute approximate surface area is 196 Å². The number of nitrogens with one attached hydrogen (secondary N) is 1. The predicted octanol–water partition coefficient (Wildman–Crippen LogP) is 4.73. The van der Waals surface area contributed by atoms with Crippen LogP contribution in [0.1, 0.15) is 43.9 Å². The fourth-order valence-electron chi connectivity index (χ4n) is 3.35. The highest BCUT2D eigenvalue weighted by Crippen LogP contribution is 2.31. The second kappa shape index (κ2) is 10.8. The van der Waals surface area contributed by atoms with Crippen molar-refractivity contribution in [2.75, 3.05) is 25.6 Å². The normalized spacial score (nSPS) is 11.4. The molecule has 3 aromatic rings. The Morgan fingerprint density at radius 2 is 1.94 bits per heavy atom. The van der Waals surface area contributed by atoms with Gasteiger partial charge in [0.2, 0.25) is 0 Å². The van der Waals surface area contributed by atoms with Crippen LogP contribution in [0.4, 0.5) is 5.69 Å². The number of hydrogen-bond acceptors (Lipinski definition) is 9. The van der Waals surface area contributed by atoms with Gasteiger partial charge in [0.1, 0.15) is 22.2 Å². The Bertz CT molecular complexity index is 1040. The second-order valence-corrected chi connectivity index (χ2v) is 9.43. The van der Waals surface area contributed by atoms with Gasteiger partial charge in [0.05, 0.1) is 12.8 Å². The molecule has 32 heavy (non-hydrogen) atoms. The maximum atomic E-state index is 12.7. The first kappa shape index (κ1) is 24.1. The number of carbonyl (C=O) groups is 1. The van der Waals surface area contributed by atoms with Crippen molar-refractivity contribution >= 4 is 34.5 Å². The fourth-order valence-corrected chi connectivity index (χ4v) is 4.93. The van der Waals surface area contributed by atoms with Crippen LogP contribution in [-0.2, 0) is 0 Å². The molecule has 10 heteroatoms. The number of anilines is 1. The third-order valence-electron chi connectivity index (χ3n) is 4.94.